The molecule has 7 heteroatoms. The highest BCUT2D eigenvalue weighted by atomic mass is 32.2. The van der Waals surface area contributed by atoms with Gasteiger partial charge in [-0.2, -0.15) is 0 Å². The average molecular weight is 407 g/mol. The Bertz CT molecular complexity index is 1080. The van der Waals surface area contributed by atoms with Gasteiger partial charge in [0.1, 0.15) is 10.9 Å². The number of anilines is 1. The topological polar surface area (TPSA) is 70.7 Å². The molecule has 1 amide bonds. The first kappa shape index (κ1) is 18.5. The molecule has 0 aliphatic rings. The van der Waals surface area contributed by atoms with E-state index in [0.717, 1.165) is 27.7 Å². The summed E-state index contributed by atoms with van der Waals surface area (Å²) in [5.41, 5.74) is 4.16. The minimum atomic E-state index is -0.0981. The number of H-pyrrole nitrogens is 1. The van der Waals surface area contributed by atoms with E-state index in [9.17, 15) is 4.79 Å². The molecule has 0 saturated carbocycles. The zero-order valence-electron chi connectivity index (χ0n) is 15.2. The largest absolute Gasteiger partial charge is 0.337 e. The van der Waals surface area contributed by atoms with Crippen molar-refractivity contribution in [3.8, 4) is 22.6 Å². The summed E-state index contributed by atoms with van der Waals surface area (Å²) in [5.74, 6) is 0.960. The second-order valence-corrected chi connectivity index (χ2v) is 8.03. The lowest BCUT2D eigenvalue weighted by Crippen LogP contribution is -2.13. The number of benzene rings is 2. The number of carbonyl (C=O) groups is 1. The lowest BCUT2D eigenvalue weighted by molar-refractivity contribution is -0.113. The standard InChI is InChI=1S/C21H18N4OS2/c1-14-6-5-9-16(12-14)19-24-18(15-7-3-2-4-8-15)20(25-19)28-13-17(26)23-21-22-10-11-27-21/h2-12H,13H2,1H3,(H,24,25)(H,22,23,26). The summed E-state index contributed by atoms with van der Waals surface area (Å²) >= 11 is 2.82. The van der Waals surface area contributed by atoms with Crippen LogP contribution in [-0.4, -0.2) is 26.6 Å². The van der Waals surface area contributed by atoms with Crippen molar-refractivity contribution < 1.29 is 4.79 Å². The van der Waals surface area contributed by atoms with Crippen LogP contribution >= 0.6 is 23.1 Å². The number of imidazole rings is 1. The van der Waals surface area contributed by atoms with Crippen LogP contribution in [0, 0.1) is 6.92 Å². The van der Waals surface area contributed by atoms with Gasteiger partial charge in [0.15, 0.2) is 5.13 Å². The number of amides is 1. The van der Waals surface area contributed by atoms with Crippen LogP contribution in [0.4, 0.5) is 5.13 Å². The van der Waals surface area contributed by atoms with Crippen molar-refractivity contribution in [1.82, 2.24) is 15.0 Å². The molecule has 4 rings (SSSR count). The van der Waals surface area contributed by atoms with E-state index in [1.807, 2.05) is 47.8 Å². The highest BCUT2D eigenvalue weighted by Gasteiger charge is 2.16. The highest BCUT2D eigenvalue weighted by molar-refractivity contribution is 8.00. The molecular weight excluding hydrogens is 388 g/mol. The zero-order valence-corrected chi connectivity index (χ0v) is 16.8. The molecule has 2 aromatic heterocycles. The fourth-order valence-corrected chi connectivity index (χ4v) is 4.12. The SMILES string of the molecule is Cc1cccc(-c2nc(SCC(=O)Nc3nccs3)c(-c3ccccc3)[nH]2)c1. The minimum absolute atomic E-state index is 0.0981. The van der Waals surface area contributed by atoms with E-state index < -0.39 is 0 Å². The van der Waals surface area contributed by atoms with Crippen molar-refractivity contribution in [2.75, 3.05) is 11.1 Å². The van der Waals surface area contributed by atoms with Crippen LogP contribution in [0.1, 0.15) is 5.56 Å². The van der Waals surface area contributed by atoms with Gasteiger partial charge in [-0.3, -0.25) is 4.79 Å². The molecule has 5 nitrogen and oxygen atoms in total. The van der Waals surface area contributed by atoms with Gasteiger partial charge in [0.25, 0.3) is 0 Å². The van der Waals surface area contributed by atoms with Gasteiger partial charge in [-0.05, 0) is 13.0 Å². The first-order valence-electron chi connectivity index (χ1n) is 8.73. The number of rotatable bonds is 6. The first-order valence-corrected chi connectivity index (χ1v) is 10.6. The van der Waals surface area contributed by atoms with E-state index in [2.05, 4.69) is 34.3 Å². The third kappa shape index (κ3) is 4.32. The lowest BCUT2D eigenvalue weighted by atomic mass is 10.1. The van der Waals surface area contributed by atoms with Crippen LogP contribution in [-0.2, 0) is 4.79 Å². The minimum Gasteiger partial charge on any atom is -0.337 e. The number of nitrogens with one attached hydrogen (secondary N) is 2. The Morgan fingerprint density at radius 1 is 1.14 bits per heavy atom. The summed E-state index contributed by atoms with van der Waals surface area (Å²) in [7, 11) is 0. The summed E-state index contributed by atoms with van der Waals surface area (Å²) in [5, 5.41) is 6.05. The molecule has 0 atom stereocenters. The van der Waals surface area contributed by atoms with E-state index in [4.69, 9.17) is 4.98 Å². The molecule has 0 radical (unpaired) electrons. The average Bonchev–Trinajstić information content (AvgIpc) is 3.37. The van der Waals surface area contributed by atoms with Crippen molar-refractivity contribution in [2.24, 2.45) is 0 Å². The lowest BCUT2D eigenvalue weighted by Gasteiger charge is -2.03. The maximum absolute atomic E-state index is 12.2. The molecule has 2 N–H and O–H groups in total. The first-order chi connectivity index (χ1) is 13.7. The van der Waals surface area contributed by atoms with Gasteiger partial charge in [-0.1, -0.05) is 65.9 Å². The fourth-order valence-electron chi connectivity index (χ4n) is 2.77. The van der Waals surface area contributed by atoms with E-state index in [0.29, 0.717) is 5.13 Å². The molecule has 140 valence electrons. The third-order valence-corrected chi connectivity index (χ3v) is 5.71. The van der Waals surface area contributed by atoms with Crippen molar-refractivity contribution in [3.63, 3.8) is 0 Å². The number of thioether (sulfide) groups is 1. The van der Waals surface area contributed by atoms with Crippen molar-refractivity contribution in [3.05, 3.63) is 71.7 Å². The summed E-state index contributed by atoms with van der Waals surface area (Å²) in [6, 6.07) is 18.2. The van der Waals surface area contributed by atoms with Gasteiger partial charge in [0.05, 0.1) is 11.4 Å². The zero-order chi connectivity index (χ0) is 19.3. The number of aryl methyl sites for hydroxylation is 1. The quantitative estimate of drug-likeness (QED) is 0.430. The van der Waals surface area contributed by atoms with Gasteiger partial charge in [-0.15, -0.1) is 11.3 Å². The molecular formula is C21H18N4OS2. The van der Waals surface area contributed by atoms with E-state index >= 15 is 0 Å². The summed E-state index contributed by atoms with van der Waals surface area (Å²) in [6.45, 7) is 2.06. The van der Waals surface area contributed by atoms with Crippen LogP contribution in [0.3, 0.4) is 0 Å². The molecule has 2 aromatic carbocycles. The molecule has 0 spiro atoms. The second-order valence-electron chi connectivity index (χ2n) is 6.18. The van der Waals surface area contributed by atoms with E-state index in [-0.39, 0.29) is 11.7 Å². The van der Waals surface area contributed by atoms with Crippen molar-refractivity contribution in [2.45, 2.75) is 11.9 Å². The Labute approximate surface area is 171 Å². The number of thiazole rings is 1. The van der Waals surface area contributed by atoms with Gasteiger partial charge < -0.3 is 10.3 Å². The summed E-state index contributed by atoms with van der Waals surface area (Å²) in [4.78, 5) is 24.6. The van der Waals surface area contributed by atoms with Crippen LogP contribution in [0.15, 0.2) is 71.2 Å². The Kier molecular flexibility index (Phi) is 5.55. The van der Waals surface area contributed by atoms with E-state index in [1.165, 1.54) is 28.7 Å². The summed E-state index contributed by atoms with van der Waals surface area (Å²) < 4.78 is 0. The number of aromatic amines is 1. The van der Waals surface area contributed by atoms with Gasteiger partial charge in [-0.25, -0.2) is 9.97 Å². The molecule has 0 aliphatic heterocycles. The van der Waals surface area contributed by atoms with Crippen molar-refractivity contribution >= 4 is 34.1 Å². The Hall–Kier alpha value is -2.90. The maximum Gasteiger partial charge on any atom is 0.236 e. The Balaban J connectivity index is 1.60. The monoisotopic (exact) mass is 406 g/mol. The van der Waals surface area contributed by atoms with Gasteiger partial charge >= 0.3 is 0 Å². The number of hydrogen-bond donors (Lipinski definition) is 2. The second kappa shape index (κ2) is 8.41. The van der Waals surface area contributed by atoms with Crippen LogP contribution < -0.4 is 5.32 Å². The molecule has 0 aliphatic carbocycles. The van der Waals surface area contributed by atoms with Crippen LogP contribution in [0.25, 0.3) is 22.6 Å². The van der Waals surface area contributed by atoms with Gasteiger partial charge in [0, 0.05) is 22.7 Å². The van der Waals surface area contributed by atoms with Gasteiger partial charge in [0.2, 0.25) is 5.91 Å². The predicted octanol–water partition coefficient (Wildman–Crippen LogP) is 5.24. The molecule has 0 saturated heterocycles. The number of nitrogens with zero attached hydrogens (tertiary/aromatic N) is 2. The number of aromatic nitrogens is 3. The smallest absolute Gasteiger partial charge is 0.236 e. The van der Waals surface area contributed by atoms with Crippen LogP contribution in [0.2, 0.25) is 0 Å². The third-order valence-electron chi connectivity index (χ3n) is 4.04. The molecule has 4 aromatic rings. The molecule has 28 heavy (non-hydrogen) atoms. The van der Waals surface area contributed by atoms with Crippen LogP contribution in [0.5, 0.6) is 0 Å². The number of carbonyl (C=O) groups excluding carboxylic acids is 1. The highest BCUT2D eigenvalue weighted by Crippen LogP contribution is 2.32. The Morgan fingerprint density at radius 3 is 2.71 bits per heavy atom. The fraction of sp³-hybridized carbons (Fsp3) is 0.0952. The molecule has 0 fully saturated rings. The number of hydrogen-bond acceptors (Lipinski definition) is 5. The molecule has 0 bridgehead atoms. The maximum atomic E-state index is 12.2. The van der Waals surface area contributed by atoms with E-state index in [1.54, 1.807) is 6.20 Å². The van der Waals surface area contributed by atoms with Crippen molar-refractivity contribution in [1.29, 1.82) is 0 Å². The molecule has 2 heterocycles. The normalized spacial score (nSPS) is 10.8. The Morgan fingerprint density at radius 2 is 1.96 bits per heavy atom. The molecule has 0 unspecified atom stereocenters. The predicted molar refractivity (Wildman–Crippen MR) is 116 cm³/mol. The summed E-state index contributed by atoms with van der Waals surface area (Å²) in [6.07, 6.45) is 1.67.